The van der Waals surface area contributed by atoms with Gasteiger partial charge in [0.2, 0.25) is 15.9 Å². The Morgan fingerprint density at radius 3 is 2.26 bits per heavy atom. The summed E-state index contributed by atoms with van der Waals surface area (Å²) in [5.74, 6) is 0.654. The van der Waals surface area contributed by atoms with E-state index in [0.29, 0.717) is 36.7 Å². The smallest absolute Gasteiger partial charge is 0.243 e. The molecule has 0 aromatic heterocycles. The van der Waals surface area contributed by atoms with Crippen molar-refractivity contribution in [3.05, 3.63) is 65.7 Å². The Balaban J connectivity index is 1.30. The molecule has 4 rings (SSSR count). The molecule has 2 aromatic rings. The van der Waals surface area contributed by atoms with Gasteiger partial charge in [-0.05, 0) is 67.7 Å². The molecule has 1 unspecified atom stereocenters. The first kappa shape index (κ1) is 22.0. The van der Waals surface area contributed by atoms with Gasteiger partial charge in [0.05, 0.1) is 4.90 Å². The van der Waals surface area contributed by atoms with Crippen molar-refractivity contribution in [3.63, 3.8) is 0 Å². The average Bonchev–Trinajstić information content (AvgIpc) is 3.64. The highest BCUT2D eigenvalue weighted by molar-refractivity contribution is 7.89. The molecule has 1 N–H and O–H groups in total. The summed E-state index contributed by atoms with van der Waals surface area (Å²) in [7, 11) is -3.40. The van der Waals surface area contributed by atoms with E-state index in [0.717, 1.165) is 31.2 Å². The van der Waals surface area contributed by atoms with Gasteiger partial charge in [-0.1, -0.05) is 48.9 Å². The molecule has 166 valence electrons. The maximum absolute atomic E-state index is 12.8. The number of nitrogens with one attached hydrogen (secondary N) is 1. The summed E-state index contributed by atoms with van der Waals surface area (Å²) >= 11 is 0. The van der Waals surface area contributed by atoms with E-state index in [1.807, 2.05) is 30.3 Å². The summed E-state index contributed by atoms with van der Waals surface area (Å²) in [4.78, 5) is 12.9. The second kappa shape index (κ2) is 9.96. The van der Waals surface area contributed by atoms with Crippen LogP contribution in [0.2, 0.25) is 0 Å². The normalized spacial score (nSPS) is 18.5. The summed E-state index contributed by atoms with van der Waals surface area (Å²) < 4.78 is 27.1. The van der Waals surface area contributed by atoms with Crippen LogP contribution in [-0.4, -0.2) is 37.8 Å². The van der Waals surface area contributed by atoms with Gasteiger partial charge < -0.3 is 5.32 Å². The van der Waals surface area contributed by atoms with Gasteiger partial charge in [-0.25, -0.2) is 8.42 Å². The third-order valence-corrected chi connectivity index (χ3v) is 8.27. The predicted molar refractivity (Wildman–Crippen MR) is 122 cm³/mol. The lowest BCUT2D eigenvalue weighted by atomic mass is 10.0. The largest absolute Gasteiger partial charge is 0.353 e. The zero-order valence-corrected chi connectivity index (χ0v) is 18.8. The van der Waals surface area contributed by atoms with Crippen molar-refractivity contribution in [2.45, 2.75) is 62.3 Å². The zero-order valence-electron chi connectivity index (χ0n) is 18.0. The Labute approximate surface area is 185 Å². The molecule has 1 heterocycles. The molecular formula is C25H32N2O3S. The second-order valence-corrected chi connectivity index (χ2v) is 10.7. The third kappa shape index (κ3) is 5.95. The van der Waals surface area contributed by atoms with Crippen molar-refractivity contribution in [1.82, 2.24) is 9.62 Å². The molecule has 6 heteroatoms. The molecule has 1 saturated carbocycles. The number of hydrogen-bond donors (Lipinski definition) is 1. The number of rotatable bonds is 9. The minimum Gasteiger partial charge on any atom is -0.353 e. The molecule has 0 radical (unpaired) electrons. The highest BCUT2D eigenvalue weighted by Crippen LogP contribution is 2.34. The Bertz CT molecular complexity index is 964. The second-order valence-electron chi connectivity index (χ2n) is 8.81. The first-order chi connectivity index (χ1) is 15.0. The van der Waals surface area contributed by atoms with Crippen molar-refractivity contribution in [2.24, 2.45) is 5.92 Å². The maximum atomic E-state index is 12.8. The van der Waals surface area contributed by atoms with E-state index in [4.69, 9.17) is 0 Å². The molecule has 31 heavy (non-hydrogen) atoms. The first-order valence-corrected chi connectivity index (χ1v) is 12.9. The van der Waals surface area contributed by atoms with Crippen LogP contribution in [0.4, 0.5) is 0 Å². The van der Waals surface area contributed by atoms with Gasteiger partial charge >= 0.3 is 0 Å². The Morgan fingerprint density at radius 2 is 1.61 bits per heavy atom. The zero-order chi connectivity index (χ0) is 21.7. The van der Waals surface area contributed by atoms with E-state index >= 15 is 0 Å². The van der Waals surface area contributed by atoms with Crippen LogP contribution in [0.5, 0.6) is 0 Å². The van der Waals surface area contributed by atoms with Crippen LogP contribution >= 0.6 is 0 Å². The van der Waals surface area contributed by atoms with E-state index in [-0.39, 0.29) is 11.9 Å². The number of carbonyl (C=O) groups excluding carboxylic acids is 1. The fourth-order valence-corrected chi connectivity index (χ4v) is 5.84. The van der Waals surface area contributed by atoms with E-state index < -0.39 is 10.0 Å². The number of amides is 1. The lowest BCUT2D eigenvalue weighted by molar-refractivity contribution is -0.121. The van der Waals surface area contributed by atoms with E-state index in [1.54, 1.807) is 16.4 Å². The summed E-state index contributed by atoms with van der Waals surface area (Å²) in [5, 5.41) is 3.23. The number of nitrogens with zero attached hydrogens (tertiary/aromatic N) is 1. The monoisotopic (exact) mass is 440 g/mol. The van der Waals surface area contributed by atoms with Crippen molar-refractivity contribution < 1.29 is 13.2 Å². The highest BCUT2D eigenvalue weighted by atomic mass is 32.2. The summed E-state index contributed by atoms with van der Waals surface area (Å²) in [6.07, 6.45) is 7.22. The number of benzene rings is 2. The third-order valence-electron chi connectivity index (χ3n) is 6.35. The first-order valence-electron chi connectivity index (χ1n) is 11.4. The number of piperidine rings is 1. The SMILES string of the molecule is O=C(CCc1ccc(S(=O)(=O)N2CCCCC2)cc1)NC(Cc1ccccc1)C1CC1. The van der Waals surface area contributed by atoms with Gasteiger partial charge in [0.25, 0.3) is 0 Å². The van der Waals surface area contributed by atoms with Crippen molar-refractivity contribution >= 4 is 15.9 Å². The lowest BCUT2D eigenvalue weighted by Gasteiger charge is -2.25. The van der Waals surface area contributed by atoms with Crippen LogP contribution in [0.15, 0.2) is 59.5 Å². The molecule has 1 aliphatic carbocycles. The summed E-state index contributed by atoms with van der Waals surface area (Å²) in [5.41, 5.74) is 2.24. The van der Waals surface area contributed by atoms with Crippen LogP contribution in [0.25, 0.3) is 0 Å². The van der Waals surface area contributed by atoms with Gasteiger partial charge in [-0.2, -0.15) is 4.31 Å². The number of sulfonamides is 1. The van der Waals surface area contributed by atoms with Gasteiger partial charge in [0.1, 0.15) is 0 Å². The minimum absolute atomic E-state index is 0.0674. The lowest BCUT2D eigenvalue weighted by Crippen LogP contribution is -2.38. The van der Waals surface area contributed by atoms with Gasteiger partial charge in [0, 0.05) is 25.6 Å². The number of aryl methyl sites for hydroxylation is 1. The summed E-state index contributed by atoms with van der Waals surface area (Å²) in [6.45, 7) is 1.21. The Kier molecular flexibility index (Phi) is 7.08. The van der Waals surface area contributed by atoms with E-state index in [1.165, 1.54) is 18.4 Å². The summed E-state index contributed by atoms with van der Waals surface area (Å²) in [6, 6.07) is 17.6. The molecule has 1 atom stereocenters. The molecule has 2 aromatic carbocycles. The predicted octanol–water partition coefficient (Wildman–Crippen LogP) is 3.93. The van der Waals surface area contributed by atoms with Gasteiger partial charge in [-0.3, -0.25) is 4.79 Å². The van der Waals surface area contributed by atoms with Crippen LogP contribution < -0.4 is 5.32 Å². The fourth-order valence-electron chi connectivity index (χ4n) is 4.32. The molecular weight excluding hydrogens is 408 g/mol. The molecule has 2 aliphatic rings. The van der Waals surface area contributed by atoms with Gasteiger partial charge in [0.15, 0.2) is 0 Å². The minimum atomic E-state index is -3.40. The van der Waals surface area contributed by atoms with Crippen LogP contribution in [0.3, 0.4) is 0 Å². The van der Waals surface area contributed by atoms with Crippen molar-refractivity contribution in [3.8, 4) is 0 Å². The molecule has 2 fully saturated rings. The molecule has 0 spiro atoms. The van der Waals surface area contributed by atoms with Crippen LogP contribution in [0, 0.1) is 5.92 Å². The van der Waals surface area contributed by atoms with Crippen molar-refractivity contribution in [1.29, 1.82) is 0 Å². The Morgan fingerprint density at radius 1 is 0.935 bits per heavy atom. The quantitative estimate of drug-likeness (QED) is 0.642. The molecule has 1 saturated heterocycles. The fraction of sp³-hybridized carbons (Fsp3) is 0.480. The van der Waals surface area contributed by atoms with E-state index in [2.05, 4.69) is 17.4 Å². The number of hydrogen-bond acceptors (Lipinski definition) is 3. The standard InChI is InChI=1S/C25H32N2O3S/c28-25(26-24(22-12-13-22)19-21-7-3-1-4-8-21)16-11-20-9-14-23(15-10-20)31(29,30)27-17-5-2-6-18-27/h1,3-4,7-10,14-15,22,24H,2,5-6,11-13,16-19H2,(H,26,28). The Hall–Kier alpha value is -2.18. The topological polar surface area (TPSA) is 66.5 Å². The molecule has 1 amide bonds. The average molecular weight is 441 g/mol. The highest BCUT2D eigenvalue weighted by Gasteiger charge is 2.32. The molecule has 0 bridgehead atoms. The number of carbonyl (C=O) groups is 1. The molecule has 1 aliphatic heterocycles. The van der Waals surface area contributed by atoms with Crippen molar-refractivity contribution in [2.75, 3.05) is 13.1 Å². The van der Waals surface area contributed by atoms with Crippen LogP contribution in [-0.2, 0) is 27.7 Å². The van der Waals surface area contributed by atoms with Crippen LogP contribution in [0.1, 0.15) is 49.7 Å². The maximum Gasteiger partial charge on any atom is 0.243 e. The molecule has 5 nitrogen and oxygen atoms in total. The van der Waals surface area contributed by atoms with Gasteiger partial charge in [-0.15, -0.1) is 0 Å². The van der Waals surface area contributed by atoms with E-state index in [9.17, 15) is 13.2 Å².